The van der Waals surface area contributed by atoms with Crippen molar-refractivity contribution in [3.8, 4) is 0 Å². The Morgan fingerprint density at radius 1 is 1.30 bits per heavy atom. The molecule has 1 aliphatic rings. The fraction of sp³-hybridized carbons (Fsp3) is 0.538. The minimum atomic E-state index is -2.52. The summed E-state index contributed by atoms with van der Waals surface area (Å²) in [6, 6.07) is 9.16. The first-order valence-corrected chi connectivity index (χ1v) is 12.2. The molecule has 0 saturated carbocycles. The second kappa shape index (κ2) is 5.74. The van der Waals surface area contributed by atoms with E-state index >= 15 is 0 Å². The molecule has 1 saturated heterocycles. The third kappa shape index (κ3) is 3.52. The summed E-state index contributed by atoms with van der Waals surface area (Å²) < 4.78 is 19.2. The van der Waals surface area contributed by atoms with Gasteiger partial charge in [-0.1, -0.05) is 35.4 Å². The molecule has 1 fully saturated rings. The monoisotopic (exact) mass is 309 g/mol. The highest BCUT2D eigenvalue weighted by Gasteiger charge is 2.44. The summed E-state index contributed by atoms with van der Waals surface area (Å²) in [5.74, 6) is 0. The van der Waals surface area contributed by atoms with Crippen molar-refractivity contribution in [2.24, 2.45) is 5.11 Å². The van der Waals surface area contributed by atoms with Gasteiger partial charge in [-0.2, -0.15) is 0 Å². The molecule has 0 N–H and O–H groups in total. The maximum absolute atomic E-state index is 13.1. The molecule has 1 aliphatic heterocycles. The van der Waals surface area contributed by atoms with Crippen LogP contribution < -0.4 is 5.30 Å². The van der Waals surface area contributed by atoms with Crippen LogP contribution in [-0.4, -0.2) is 32.8 Å². The van der Waals surface area contributed by atoms with E-state index in [9.17, 15) is 4.57 Å². The highest BCUT2D eigenvalue weighted by atomic mass is 31.2. The van der Waals surface area contributed by atoms with Crippen LogP contribution >= 0.6 is 7.14 Å². The Bertz CT molecular complexity index is 567. The Labute approximate surface area is 120 Å². The van der Waals surface area contributed by atoms with Gasteiger partial charge in [0, 0.05) is 22.5 Å². The van der Waals surface area contributed by atoms with Crippen molar-refractivity contribution in [3.63, 3.8) is 0 Å². The molecule has 1 heterocycles. The number of nitrogens with zero attached hydrogens (tertiary/aromatic N) is 3. The molecule has 0 bridgehead atoms. The molecule has 1 aromatic carbocycles. The van der Waals surface area contributed by atoms with Crippen LogP contribution in [-0.2, 0) is 8.99 Å². The van der Waals surface area contributed by atoms with Crippen molar-refractivity contribution in [3.05, 3.63) is 40.8 Å². The van der Waals surface area contributed by atoms with Gasteiger partial charge in [-0.15, -0.1) is 0 Å². The van der Waals surface area contributed by atoms with E-state index in [0.29, 0.717) is 12.3 Å². The predicted octanol–water partition coefficient (Wildman–Crippen LogP) is 3.59. The minimum Gasteiger partial charge on any atom is -0.414 e. The molecular weight excluding hydrogens is 289 g/mol. The fourth-order valence-corrected chi connectivity index (χ4v) is 6.95. The van der Waals surface area contributed by atoms with E-state index in [0.717, 1.165) is 5.30 Å². The van der Waals surface area contributed by atoms with Crippen molar-refractivity contribution in [1.82, 2.24) is 0 Å². The smallest absolute Gasteiger partial charge is 0.184 e. The third-order valence-electron chi connectivity index (χ3n) is 3.32. The Morgan fingerprint density at radius 3 is 2.50 bits per heavy atom. The summed E-state index contributed by atoms with van der Waals surface area (Å²) in [6.45, 7) is 6.27. The SMILES string of the molecule is C[Si](C)(C)O[C@@H]1C[P@](=O)(c2ccccc2)C[C@H]1N=[N+]=[N-]. The van der Waals surface area contributed by atoms with Crippen molar-refractivity contribution >= 4 is 20.8 Å². The highest BCUT2D eigenvalue weighted by Crippen LogP contribution is 2.53. The van der Waals surface area contributed by atoms with Crippen molar-refractivity contribution in [2.75, 3.05) is 12.3 Å². The normalized spacial score (nSPS) is 29.9. The van der Waals surface area contributed by atoms with Gasteiger partial charge in [0.1, 0.15) is 7.14 Å². The summed E-state index contributed by atoms with van der Waals surface area (Å²) in [5, 5.41) is 4.68. The molecule has 0 amide bonds. The topological polar surface area (TPSA) is 75.1 Å². The van der Waals surface area contributed by atoms with E-state index < -0.39 is 15.5 Å². The van der Waals surface area contributed by atoms with Gasteiger partial charge in [-0.25, -0.2) is 0 Å². The molecule has 0 unspecified atom stereocenters. The lowest BCUT2D eigenvalue weighted by Gasteiger charge is -2.25. The van der Waals surface area contributed by atoms with Crippen LogP contribution in [0.5, 0.6) is 0 Å². The lowest BCUT2D eigenvalue weighted by atomic mass is 10.2. The van der Waals surface area contributed by atoms with Crippen LogP contribution in [0.15, 0.2) is 35.4 Å². The first-order chi connectivity index (χ1) is 9.34. The molecule has 1 aromatic rings. The van der Waals surface area contributed by atoms with Gasteiger partial charge >= 0.3 is 0 Å². The maximum Gasteiger partial charge on any atom is 0.184 e. The second-order valence-electron chi connectivity index (χ2n) is 6.13. The second-order valence-corrected chi connectivity index (χ2v) is 13.6. The molecule has 0 spiro atoms. The van der Waals surface area contributed by atoms with Gasteiger partial charge in [-0.3, -0.25) is 0 Å². The summed E-state index contributed by atoms with van der Waals surface area (Å²) in [7, 11) is -4.28. The van der Waals surface area contributed by atoms with Gasteiger partial charge in [0.05, 0.1) is 12.1 Å². The summed E-state index contributed by atoms with van der Waals surface area (Å²) in [4.78, 5) is 2.90. The van der Waals surface area contributed by atoms with Gasteiger partial charge in [0.25, 0.3) is 0 Å². The first-order valence-electron chi connectivity index (χ1n) is 6.70. The van der Waals surface area contributed by atoms with Gasteiger partial charge < -0.3 is 8.99 Å². The van der Waals surface area contributed by atoms with Crippen LogP contribution in [0, 0.1) is 0 Å². The number of hydrogen-bond acceptors (Lipinski definition) is 3. The van der Waals surface area contributed by atoms with Gasteiger partial charge in [0.15, 0.2) is 8.32 Å². The fourth-order valence-electron chi connectivity index (χ4n) is 2.56. The molecule has 0 aliphatic carbocycles. The summed E-state index contributed by atoms with van der Waals surface area (Å²) >= 11 is 0. The first kappa shape index (κ1) is 15.3. The third-order valence-corrected chi connectivity index (χ3v) is 7.48. The van der Waals surface area contributed by atoms with Crippen LogP contribution in [0.1, 0.15) is 0 Å². The summed E-state index contributed by atoms with van der Waals surface area (Å²) in [5.41, 5.74) is 8.71. The molecule has 20 heavy (non-hydrogen) atoms. The Hall–Kier alpha value is -1.06. The van der Waals surface area contributed by atoms with E-state index in [1.165, 1.54) is 0 Å². The average molecular weight is 309 g/mol. The minimum absolute atomic E-state index is 0.219. The van der Waals surface area contributed by atoms with Crippen molar-refractivity contribution < 1.29 is 8.99 Å². The lowest BCUT2D eigenvalue weighted by Crippen LogP contribution is -2.37. The summed E-state index contributed by atoms with van der Waals surface area (Å²) in [6.07, 6.45) is 0.671. The van der Waals surface area contributed by atoms with Gasteiger partial charge in [0.2, 0.25) is 0 Å². The Kier molecular flexibility index (Phi) is 4.40. The molecule has 3 atom stereocenters. The molecule has 108 valence electrons. The predicted molar refractivity (Wildman–Crippen MR) is 84.6 cm³/mol. The molecule has 7 heteroatoms. The maximum atomic E-state index is 13.1. The van der Waals surface area contributed by atoms with Crippen LogP contribution in [0.25, 0.3) is 10.4 Å². The van der Waals surface area contributed by atoms with Crippen molar-refractivity contribution in [1.29, 1.82) is 0 Å². The van der Waals surface area contributed by atoms with E-state index in [4.69, 9.17) is 9.96 Å². The molecule has 5 nitrogen and oxygen atoms in total. The number of azide groups is 1. The largest absolute Gasteiger partial charge is 0.414 e. The lowest BCUT2D eigenvalue weighted by molar-refractivity contribution is 0.202. The molecular formula is C13H20N3O2PSi. The van der Waals surface area contributed by atoms with Crippen LogP contribution in [0.4, 0.5) is 0 Å². The highest BCUT2D eigenvalue weighted by molar-refractivity contribution is 7.72. The van der Waals surface area contributed by atoms with E-state index in [-0.39, 0.29) is 12.1 Å². The number of benzene rings is 1. The zero-order chi connectivity index (χ0) is 14.8. The standard InChI is InChI=1S/C13H20N3O2PSi/c1-20(2,3)18-13-10-19(17,9-12(13)15-16-14)11-7-5-4-6-8-11/h4-8,12-13H,9-10H2,1-3H3/t12-,13-,19+/m1/s1. The Balaban J connectivity index is 2.28. The van der Waals surface area contributed by atoms with E-state index in [2.05, 4.69) is 29.7 Å². The van der Waals surface area contributed by atoms with Crippen LogP contribution in [0.2, 0.25) is 19.6 Å². The zero-order valence-electron chi connectivity index (χ0n) is 12.1. The van der Waals surface area contributed by atoms with Gasteiger partial charge in [-0.05, 0) is 25.2 Å². The molecule has 0 aromatic heterocycles. The molecule has 2 rings (SSSR count). The van der Waals surface area contributed by atoms with Crippen molar-refractivity contribution in [2.45, 2.75) is 31.8 Å². The Morgan fingerprint density at radius 2 is 1.95 bits per heavy atom. The number of hydrogen-bond donors (Lipinski definition) is 0. The zero-order valence-corrected chi connectivity index (χ0v) is 14.0. The quantitative estimate of drug-likeness (QED) is 0.280. The van der Waals surface area contributed by atoms with E-state index in [1.54, 1.807) is 0 Å². The number of rotatable bonds is 4. The average Bonchev–Trinajstić information content (AvgIpc) is 2.67. The van der Waals surface area contributed by atoms with Crippen LogP contribution in [0.3, 0.4) is 0 Å². The van der Waals surface area contributed by atoms with E-state index in [1.807, 2.05) is 30.3 Å². The molecule has 0 radical (unpaired) electrons.